The molecule has 2 heterocycles. The molecule has 6 heteroatoms. The fourth-order valence-corrected chi connectivity index (χ4v) is 2.81. The summed E-state index contributed by atoms with van der Waals surface area (Å²) in [7, 11) is 0. The van der Waals surface area contributed by atoms with Gasteiger partial charge in [-0.1, -0.05) is 0 Å². The number of aliphatic hydroxyl groups excluding tert-OH is 1. The molecule has 1 aromatic rings. The van der Waals surface area contributed by atoms with E-state index in [1.165, 1.54) is 0 Å². The molecule has 6 nitrogen and oxygen atoms in total. The molecule has 0 saturated carbocycles. The van der Waals surface area contributed by atoms with Gasteiger partial charge in [0.05, 0.1) is 6.20 Å². The van der Waals surface area contributed by atoms with Crippen LogP contribution < -0.4 is 0 Å². The number of aliphatic hydroxyl groups is 1. The van der Waals surface area contributed by atoms with Crippen LogP contribution in [0.1, 0.15) is 57.5 Å². The van der Waals surface area contributed by atoms with Gasteiger partial charge in [0.15, 0.2) is 0 Å². The van der Waals surface area contributed by atoms with E-state index in [0.717, 1.165) is 36.9 Å². The lowest BCUT2D eigenvalue weighted by atomic mass is 10.1. The van der Waals surface area contributed by atoms with E-state index in [1.807, 2.05) is 38.6 Å². The quantitative estimate of drug-likeness (QED) is 0.928. The number of aromatic nitrogens is 2. The molecule has 2 rings (SSSR count). The van der Waals surface area contributed by atoms with Gasteiger partial charge < -0.3 is 9.84 Å². The van der Waals surface area contributed by atoms with Crippen LogP contribution in [0.15, 0.2) is 6.20 Å². The molecular weight excluding hydrogens is 282 g/mol. The van der Waals surface area contributed by atoms with Gasteiger partial charge in [-0.3, -0.25) is 4.90 Å². The van der Waals surface area contributed by atoms with Gasteiger partial charge in [-0.2, -0.15) is 5.10 Å². The number of amides is 1. The summed E-state index contributed by atoms with van der Waals surface area (Å²) in [5.74, 6) is 0. The third kappa shape index (κ3) is 3.80. The first-order valence-corrected chi connectivity index (χ1v) is 7.97. The fourth-order valence-electron chi connectivity index (χ4n) is 2.81. The van der Waals surface area contributed by atoms with Gasteiger partial charge in [0.2, 0.25) is 0 Å². The van der Waals surface area contributed by atoms with E-state index in [0.29, 0.717) is 6.54 Å². The molecule has 1 saturated heterocycles. The Labute approximate surface area is 132 Å². The lowest BCUT2D eigenvalue weighted by Gasteiger charge is -2.29. The van der Waals surface area contributed by atoms with Crippen molar-refractivity contribution in [2.75, 3.05) is 13.2 Å². The van der Waals surface area contributed by atoms with Crippen molar-refractivity contribution in [1.29, 1.82) is 0 Å². The summed E-state index contributed by atoms with van der Waals surface area (Å²) >= 11 is 0. The second-order valence-corrected chi connectivity index (χ2v) is 6.82. The predicted molar refractivity (Wildman–Crippen MR) is 83.6 cm³/mol. The van der Waals surface area contributed by atoms with E-state index in [4.69, 9.17) is 9.84 Å². The number of carbonyl (C=O) groups excluding carboxylic acids is 1. The number of rotatable bonds is 4. The molecule has 1 aliphatic heterocycles. The molecule has 0 aromatic carbocycles. The maximum Gasteiger partial charge on any atom is 0.411 e. The maximum absolute atomic E-state index is 12.4. The van der Waals surface area contributed by atoms with E-state index in [9.17, 15) is 4.79 Å². The van der Waals surface area contributed by atoms with Crippen molar-refractivity contribution >= 4 is 6.09 Å². The highest BCUT2D eigenvalue weighted by molar-refractivity contribution is 5.68. The molecule has 0 radical (unpaired) electrons. The molecular formula is C16H27N3O3. The molecule has 1 aromatic heterocycles. The van der Waals surface area contributed by atoms with Crippen LogP contribution in [0.25, 0.3) is 0 Å². The first-order chi connectivity index (χ1) is 10.3. The van der Waals surface area contributed by atoms with E-state index < -0.39 is 5.60 Å². The Morgan fingerprint density at radius 2 is 2.23 bits per heavy atom. The van der Waals surface area contributed by atoms with Crippen LogP contribution in [0, 0.1) is 6.92 Å². The molecule has 1 fully saturated rings. The molecule has 0 bridgehead atoms. The second kappa shape index (κ2) is 6.69. The van der Waals surface area contributed by atoms with E-state index in [1.54, 1.807) is 4.90 Å². The normalized spacial score (nSPS) is 18.8. The largest absolute Gasteiger partial charge is 0.444 e. The summed E-state index contributed by atoms with van der Waals surface area (Å²) in [6.07, 6.45) is 4.88. The highest BCUT2D eigenvalue weighted by Gasteiger charge is 2.34. The number of ether oxygens (including phenoxy) is 1. The highest BCUT2D eigenvalue weighted by Crippen LogP contribution is 2.30. The Morgan fingerprint density at radius 1 is 1.50 bits per heavy atom. The lowest BCUT2D eigenvalue weighted by Crippen LogP contribution is -2.38. The van der Waals surface area contributed by atoms with Gasteiger partial charge in [0.1, 0.15) is 11.8 Å². The van der Waals surface area contributed by atoms with Crippen LogP contribution in [-0.2, 0) is 11.2 Å². The third-order valence-electron chi connectivity index (χ3n) is 3.88. The summed E-state index contributed by atoms with van der Waals surface area (Å²) in [5, 5.41) is 13.4. The lowest BCUT2D eigenvalue weighted by molar-refractivity contribution is 0.0147. The zero-order chi connectivity index (χ0) is 16.3. The van der Waals surface area contributed by atoms with Gasteiger partial charge in [0.25, 0.3) is 0 Å². The van der Waals surface area contributed by atoms with Gasteiger partial charge in [-0.15, -0.1) is 0 Å². The molecule has 1 amide bonds. The Balaban J connectivity index is 2.13. The van der Waals surface area contributed by atoms with Crippen LogP contribution in [0.4, 0.5) is 4.79 Å². The van der Waals surface area contributed by atoms with E-state index in [-0.39, 0.29) is 18.9 Å². The Kier molecular flexibility index (Phi) is 5.11. The third-order valence-corrected chi connectivity index (χ3v) is 3.88. The van der Waals surface area contributed by atoms with Crippen LogP contribution >= 0.6 is 0 Å². The number of hydrogen-bond donors (Lipinski definition) is 1. The topological polar surface area (TPSA) is 67.6 Å². The summed E-state index contributed by atoms with van der Waals surface area (Å²) in [5.41, 5.74) is 1.70. The van der Waals surface area contributed by atoms with Crippen molar-refractivity contribution in [2.24, 2.45) is 0 Å². The SMILES string of the molecule is Cc1c(CCCO)cnn1C1CCCN1C(=O)OC(C)(C)C. The fraction of sp³-hybridized carbons (Fsp3) is 0.750. The Bertz CT molecular complexity index is 519. The van der Waals surface area contributed by atoms with Crippen molar-refractivity contribution in [3.63, 3.8) is 0 Å². The Morgan fingerprint density at radius 3 is 2.86 bits per heavy atom. The first-order valence-electron chi connectivity index (χ1n) is 7.97. The molecule has 1 N–H and O–H groups in total. The molecule has 0 aliphatic carbocycles. The minimum absolute atomic E-state index is 0.0715. The molecule has 1 unspecified atom stereocenters. The zero-order valence-electron chi connectivity index (χ0n) is 14.0. The summed E-state index contributed by atoms with van der Waals surface area (Å²) in [6, 6.07) is 0. The average Bonchev–Trinajstić information content (AvgIpc) is 3.01. The number of carbonyl (C=O) groups is 1. The van der Waals surface area contributed by atoms with E-state index in [2.05, 4.69) is 5.10 Å². The number of aryl methyl sites for hydroxylation is 1. The number of hydrogen-bond acceptors (Lipinski definition) is 4. The monoisotopic (exact) mass is 309 g/mol. The van der Waals surface area contributed by atoms with Crippen LogP contribution in [0.2, 0.25) is 0 Å². The van der Waals surface area contributed by atoms with Crippen LogP contribution in [0.3, 0.4) is 0 Å². The molecule has 124 valence electrons. The van der Waals surface area contributed by atoms with E-state index >= 15 is 0 Å². The van der Waals surface area contributed by atoms with Gasteiger partial charge in [0, 0.05) is 18.8 Å². The smallest absolute Gasteiger partial charge is 0.411 e. The molecule has 1 aliphatic rings. The summed E-state index contributed by atoms with van der Waals surface area (Å²) in [4.78, 5) is 14.1. The summed E-state index contributed by atoms with van der Waals surface area (Å²) in [6.45, 7) is 8.53. The molecule has 1 atom stereocenters. The zero-order valence-corrected chi connectivity index (χ0v) is 14.0. The summed E-state index contributed by atoms with van der Waals surface area (Å²) < 4.78 is 7.42. The minimum atomic E-state index is -0.490. The average molecular weight is 309 g/mol. The van der Waals surface area contributed by atoms with Crippen molar-refractivity contribution < 1.29 is 14.6 Å². The molecule has 22 heavy (non-hydrogen) atoms. The number of likely N-dealkylation sites (tertiary alicyclic amines) is 1. The van der Waals surface area contributed by atoms with Crippen molar-refractivity contribution in [2.45, 2.75) is 65.1 Å². The maximum atomic E-state index is 12.4. The van der Waals surface area contributed by atoms with Crippen LogP contribution in [0.5, 0.6) is 0 Å². The van der Waals surface area contributed by atoms with Crippen molar-refractivity contribution in [3.05, 3.63) is 17.5 Å². The standard InChI is InChI=1S/C16H27N3O3/c1-12-13(7-6-10-20)11-17-19(12)14-8-5-9-18(14)15(21)22-16(2,3)4/h11,14,20H,5-10H2,1-4H3. The van der Waals surface area contributed by atoms with Crippen molar-refractivity contribution in [3.8, 4) is 0 Å². The predicted octanol–water partition coefficient (Wildman–Crippen LogP) is 2.65. The highest BCUT2D eigenvalue weighted by atomic mass is 16.6. The second-order valence-electron chi connectivity index (χ2n) is 6.82. The molecule has 0 spiro atoms. The van der Waals surface area contributed by atoms with Gasteiger partial charge in [-0.05, 0) is 58.9 Å². The minimum Gasteiger partial charge on any atom is -0.444 e. The van der Waals surface area contributed by atoms with Gasteiger partial charge in [-0.25, -0.2) is 9.48 Å². The first kappa shape index (κ1) is 16.8. The van der Waals surface area contributed by atoms with Gasteiger partial charge >= 0.3 is 6.09 Å². The van der Waals surface area contributed by atoms with Crippen LogP contribution in [-0.4, -0.2) is 44.6 Å². The van der Waals surface area contributed by atoms with Crippen molar-refractivity contribution in [1.82, 2.24) is 14.7 Å². The number of nitrogens with zero attached hydrogens (tertiary/aromatic N) is 3. The Hall–Kier alpha value is -1.56.